The molecule has 0 fully saturated rings. The van der Waals surface area contributed by atoms with Gasteiger partial charge in [0, 0.05) is 11.6 Å². The van der Waals surface area contributed by atoms with Gasteiger partial charge in [0.2, 0.25) is 0 Å². The van der Waals surface area contributed by atoms with Gasteiger partial charge in [-0.05, 0) is 12.1 Å². The number of hydrazine groups is 1. The van der Waals surface area contributed by atoms with Crippen molar-refractivity contribution in [2.45, 2.75) is 0 Å². The number of para-hydroxylation sites is 1. The number of methoxy groups -OCH3 is 1. The van der Waals surface area contributed by atoms with Crippen molar-refractivity contribution in [2.75, 3.05) is 7.11 Å². The number of benzene rings is 1. The second kappa shape index (κ2) is 6.36. The van der Waals surface area contributed by atoms with Gasteiger partial charge < -0.3 is 4.74 Å². The smallest absolute Gasteiger partial charge is 0.421 e. The van der Waals surface area contributed by atoms with E-state index >= 15 is 0 Å². The fraction of sp³-hybridized carbons (Fsp3) is 0.0909. The number of nitrogens with zero attached hydrogens (tertiary/aromatic N) is 1. The third kappa shape index (κ3) is 3.55. The van der Waals surface area contributed by atoms with Crippen LogP contribution in [0.15, 0.2) is 42.6 Å². The SMILES string of the molecule is COC(=O)NN.c1ccc2ncccc2c1. The van der Waals surface area contributed by atoms with Gasteiger partial charge in [-0.1, -0.05) is 24.3 Å². The van der Waals surface area contributed by atoms with E-state index in [-0.39, 0.29) is 0 Å². The first-order chi connectivity index (χ1) is 7.77. The molecule has 1 aromatic carbocycles. The number of aromatic nitrogens is 1. The summed E-state index contributed by atoms with van der Waals surface area (Å²) in [6.45, 7) is 0. The first kappa shape index (κ1) is 11.9. The van der Waals surface area contributed by atoms with E-state index in [1.54, 1.807) is 5.43 Å². The molecule has 0 aliphatic carbocycles. The third-order valence-corrected chi connectivity index (χ3v) is 1.82. The van der Waals surface area contributed by atoms with Crippen molar-refractivity contribution in [3.63, 3.8) is 0 Å². The van der Waals surface area contributed by atoms with E-state index in [1.807, 2.05) is 30.5 Å². The largest absolute Gasteiger partial charge is 0.452 e. The number of fused-ring (bicyclic) bond motifs is 1. The van der Waals surface area contributed by atoms with Gasteiger partial charge in [0.1, 0.15) is 0 Å². The van der Waals surface area contributed by atoms with Crippen LogP contribution < -0.4 is 11.3 Å². The number of hydrogen-bond acceptors (Lipinski definition) is 4. The minimum absolute atomic E-state index is 0.630. The molecule has 5 heteroatoms. The number of amides is 1. The molecule has 2 rings (SSSR count). The van der Waals surface area contributed by atoms with Crippen LogP contribution in [0.2, 0.25) is 0 Å². The average Bonchev–Trinajstić information content (AvgIpc) is 2.38. The van der Waals surface area contributed by atoms with Crippen molar-refractivity contribution in [2.24, 2.45) is 5.84 Å². The lowest BCUT2D eigenvalue weighted by Crippen LogP contribution is -2.29. The zero-order chi connectivity index (χ0) is 11.8. The molecule has 0 aliphatic heterocycles. The summed E-state index contributed by atoms with van der Waals surface area (Å²) in [6, 6.07) is 12.1. The molecule has 5 nitrogen and oxygen atoms in total. The fourth-order valence-corrected chi connectivity index (χ4v) is 1.07. The van der Waals surface area contributed by atoms with Crippen molar-refractivity contribution >= 4 is 17.0 Å². The molecule has 0 bridgehead atoms. The summed E-state index contributed by atoms with van der Waals surface area (Å²) in [5, 5.41) is 1.20. The topological polar surface area (TPSA) is 77.2 Å². The first-order valence-corrected chi connectivity index (χ1v) is 4.62. The summed E-state index contributed by atoms with van der Waals surface area (Å²) in [7, 11) is 1.24. The van der Waals surface area contributed by atoms with Crippen molar-refractivity contribution in [1.82, 2.24) is 10.4 Å². The fourth-order valence-electron chi connectivity index (χ4n) is 1.07. The van der Waals surface area contributed by atoms with Crippen LogP contribution in [0.5, 0.6) is 0 Å². The summed E-state index contributed by atoms with van der Waals surface area (Å²) in [5.74, 6) is 4.56. The highest BCUT2D eigenvalue weighted by Gasteiger charge is 1.86. The van der Waals surface area contributed by atoms with Crippen LogP contribution in [0.4, 0.5) is 4.79 Å². The molecule has 1 aromatic heterocycles. The van der Waals surface area contributed by atoms with Gasteiger partial charge in [-0.15, -0.1) is 0 Å². The van der Waals surface area contributed by atoms with Crippen LogP contribution in [0.3, 0.4) is 0 Å². The molecule has 0 saturated heterocycles. The molecule has 3 N–H and O–H groups in total. The van der Waals surface area contributed by atoms with E-state index in [2.05, 4.69) is 27.7 Å². The zero-order valence-corrected chi connectivity index (χ0v) is 8.88. The molecule has 0 spiro atoms. The zero-order valence-electron chi connectivity index (χ0n) is 8.88. The standard InChI is InChI=1S/C9H7N.C2H6N2O2/c1-2-6-9-8(4-1)5-3-7-10-9;1-6-2(5)4-3/h1-7H;3H2,1H3,(H,4,5). The van der Waals surface area contributed by atoms with Crippen molar-refractivity contribution in [3.8, 4) is 0 Å². The Hall–Kier alpha value is -2.14. The van der Waals surface area contributed by atoms with Crippen LogP contribution in [-0.2, 0) is 4.74 Å². The summed E-state index contributed by atoms with van der Waals surface area (Å²) < 4.78 is 4.02. The number of rotatable bonds is 0. The molecule has 1 heterocycles. The van der Waals surface area contributed by atoms with Crippen molar-refractivity contribution in [3.05, 3.63) is 42.6 Å². The second-order valence-electron chi connectivity index (χ2n) is 2.83. The van der Waals surface area contributed by atoms with Crippen LogP contribution in [-0.4, -0.2) is 18.2 Å². The lowest BCUT2D eigenvalue weighted by atomic mass is 10.2. The maximum Gasteiger partial charge on any atom is 0.421 e. The van der Waals surface area contributed by atoms with Gasteiger partial charge in [-0.25, -0.2) is 10.6 Å². The molecule has 0 radical (unpaired) electrons. The maximum atomic E-state index is 9.72. The molecule has 0 atom stereocenters. The number of nitrogens with two attached hydrogens (primary N) is 1. The van der Waals surface area contributed by atoms with Crippen molar-refractivity contribution < 1.29 is 9.53 Å². The average molecular weight is 219 g/mol. The molecule has 2 aromatic rings. The summed E-state index contributed by atoms with van der Waals surface area (Å²) >= 11 is 0. The normalized spacial score (nSPS) is 8.88. The molecular formula is C11H13N3O2. The highest BCUT2D eigenvalue weighted by atomic mass is 16.5. The third-order valence-electron chi connectivity index (χ3n) is 1.82. The molecule has 16 heavy (non-hydrogen) atoms. The number of pyridine rings is 1. The van der Waals surface area contributed by atoms with E-state index < -0.39 is 6.09 Å². The van der Waals surface area contributed by atoms with Gasteiger partial charge in [-0.3, -0.25) is 10.4 Å². The van der Waals surface area contributed by atoms with Crippen LogP contribution in [0.25, 0.3) is 10.9 Å². The Bertz CT molecular complexity index is 388. The number of ether oxygens (including phenoxy) is 1. The summed E-state index contributed by atoms with van der Waals surface area (Å²) in [5.41, 5.74) is 2.81. The molecule has 1 amide bonds. The monoisotopic (exact) mass is 219 g/mol. The van der Waals surface area contributed by atoms with E-state index in [0.717, 1.165) is 5.52 Å². The van der Waals surface area contributed by atoms with Gasteiger partial charge in [0.15, 0.2) is 0 Å². The minimum Gasteiger partial charge on any atom is -0.452 e. The Balaban J connectivity index is 0.000000187. The Labute approximate surface area is 93.2 Å². The maximum absolute atomic E-state index is 9.72. The molecular weight excluding hydrogens is 206 g/mol. The molecule has 0 aliphatic rings. The van der Waals surface area contributed by atoms with E-state index in [4.69, 9.17) is 0 Å². The number of carbonyl (C=O) groups is 1. The lowest BCUT2D eigenvalue weighted by molar-refractivity contribution is 0.171. The predicted molar refractivity (Wildman–Crippen MR) is 61.5 cm³/mol. The van der Waals surface area contributed by atoms with E-state index in [0.29, 0.717) is 0 Å². The summed E-state index contributed by atoms with van der Waals surface area (Å²) in [4.78, 5) is 13.9. The Kier molecular flexibility index (Phi) is 4.75. The Morgan fingerprint density at radius 3 is 2.56 bits per heavy atom. The van der Waals surface area contributed by atoms with Gasteiger partial charge in [0.25, 0.3) is 0 Å². The Morgan fingerprint density at radius 2 is 2.00 bits per heavy atom. The lowest BCUT2D eigenvalue weighted by Gasteiger charge is -1.91. The number of carbonyl (C=O) groups excluding carboxylic acids is 1. The quantitative estimate of drug-likeness (QED) is 0.399. The van der Waals surface area contributed by atoms with E-state index in [1.165, 1.54) is 12.5 Å². The van der Waals surface area contributed by atoms with Crippen LogP contribution in [0.1, 0.15) is 0 Å². The van der Waals surface area contributed by atoms with Crippen molar-refractivity contribution in [1.29, 1.82) is 0 Å². The minimum atomic E-state index is -0.630. The van der Waals surface area contributed by atoms with Gasteiger partial charge in [-0.2, -0.15) is 0 Å². The highest BCUT2D eigenvalue weighted by molar-refractivity contribution is 5.77. The first-order valence-electron chi connectivity index (χ1n) is 4.62. The predicted octanol–water partition coefficient (Wildman–Crippen LogP) is 1.45. The second-order valence-corrected chi connectivity index (χ2v) is 2.83. The van der Waals surface area contributed by atoms with Crippen LogP contribution >= 0.6 is 0 Å². The molecule has 0 saturated carbocycles. The number of nitrogens with one attached hydrogen (secondary N) is 1. The highest BCUT2D eigenvalue weighted by Crippen LogP contribution is 2.07. The summed E-state index contributed by atoms with van der Waals surface area (Å²) in [6.07, 6.45) is 1.18. The van der Waals surface area contributed by atoms with Crippen LogP contribution in [0, 0.1) is 0 Å². The molecule has 84 valence electrons. The van der Waals surface area contributed by atoms with Gasteiger partial charge >= 0.3 is 6.09 Å². The Morgan fingerprint density at radius 1 is 1.31 bits per heavy atom. The van der Waals surface area contributed by atoms with E-state index in [9.17, 15) is 4.79 Å². The number of hydrogen-bond donors (Lipinski definition) is 2. The van der Waals surface area contributed by atoms with Gasteiger partial charge in [0.05, 0.1) is 12.6 Å². The molecule has 0 unspecified atom stereocenters.